The van der Waals surface area contributed by atoms with Crippen molar-refractivity contribution in [1.29, 1.82) is 0 Å². The number of unbranched alkanes of at least 4 members (excludes halogenated alkanes) is 53. The van der Waals surface area contributed by atoms with Gasteiger partial charge in [0.1, 0.15) is 0 Å². The summed E-state index contributed by atoms with van der Waals surface area (Å²) in [6, 6.07) is -0.626. The van der Waals surface area contributed by atoms with E-state index in [0.29, 0.717) is 19.4 Å². The third-order valence-corrected chi connectivity index (χ3v) is 17.3. The molecule has 83 heavy (non-hydrogen) atoms. The highest BCUT2D eigenvalue weighted by Gasteiger charge is 2.18. The topological polar surface area (TPSA) is 95.9 Å². The van der Waals surface area contributed by atoms with Gasteiger partial charge in [-0.1, -0.05) is 351 Å². The zero-order chi connectivity index (χ0) is 59.9. The van der Waals surface area contributed by atoms with Crippen LogP contribution >= 0.6 is 0 Å². The highest BCUT2D eigenvalue weighted by atomic mass is 16.5. The fourth-order valence-electron chi connectivity index (χ4n) is 11.6. The summed E-state index contributed by atoms with van der Waals surface area (Å²) < 4.78 is 5.48. The van der Waals surface area contributed by atoms with Gasteiger partial charge in [0.2, 0.25) is 5.91 Å². The van der Waals surface area contributed by atoms with Gasteiger partial charge < -0.3 is 20.3 Å². The van der Waals surface area contributed by atoms with Gasteiger partial charge >= 0.3 is 5.97 Å². The summed E-state index contributed by atoms with van der Waals surface area (Å²) >= 11 is 0. The van der Waals surface area contributed by atoms with Gasteiger partial charge in [-0.3, -0.25) is 9.59 Å². The van der Waals surface area contributed by atoms with Gasteiger partial charge in [-0.2, -0.15) is 0 Å². The molecule has 0 bridgehead atoms. The molecule has 6 nitrogen and oxygen atoms in total. The Labute approximate surface area is 518 Å². The van der Waals surface area contributed by atoms with Crippen LogP contribution in [-0.2, 0) is 14.3 Å². The van der Waals surface area contributed by atoms with Crippen LogP contribution in [0.4, 0.5) is 0 Å². The minimum absolute atomic E-state index is 0.00941. The summed E-state index contributed by atoms with van der Waals surface area (Å²) in [4.78, 5) is 24.5. The second kappa shape index (κ2) is 72.3. The van der Waals surface area contributed by atoms with Crippen molar-refractivity contribution in [2.24, 2.45) is 0 Å². The molecule has 0 saturated carbocycles. The molecule has 0 aromatic carbocycles. The van der Waals surface area contributed by atoms with Crippen molar-refractivity contribution in [2.75, 3.05) is 13.2 Å². The maximum atomic E-state index is 12.5. The number of hydrogen-bond donors (Lipinski definition) is 3. The number of amides is 1. The molecule has 488 valence electrons. The number of allylic oxidation sites excluding steroid dienone is 7. The Kier molecular flexibility index (Phi) is 70.4. The lowest BCUT2D eigenvalue weighted by Gasteiger charge is -2.20. The van der Waals surface area contributed by atoms with Crippen LogP contribution < -0.4 is 5.32 Å². The lowest BCUT2D eigenvalue weighted by molar-refractivity contribution is -0.143. The number of aliphatic hydroxyl groups excluding tert-OH is 2. The second-order valence-corrected chi connectivity index (χ2v) is 25.6. The van der Waals surface area contributed by atoms with Crippen LogP contribution in [0.3, 0.4) is 0 Å². The van der Waals surface area contributed by atoms with E-state index in [1.165, 1.54) is 327 Å². The smallest absolute Gasteiger partial charge is 0.305 e. The molecule has 0 radical (unpaired) electrons. The molecule has 0 aromatic heterocycles. The third kappa shape index (κ3) is 68.8. The Balaban J connectivity index is 3.38. The fraction of sp³-hybridized carbons (Fsp3) is 0.870. The minimum Gasteiger partial charge on any atom is -0.466 e. The van der Waals surface area contributed by atoms with E-state index in [0.717, 1.165) is 51.4 Å². The van der Waals surface area contributed by atoms with Crippen molar-refractivity contribution in [2.45, 2.75) is 418 Å². The number of rotatable bonds is 70. The first kappa shape index (κ1) is 80.8. The van der Waals surface area contributed by atoms with Crippen LogP contribution in [0, 0.1) is 0 Å². The molecular formula is C77H145NO5. The number of carbonyl (C=O) groups excluding carboxylic acids is 2. The predicted molar refractivity (Wildman–Crippen MR) is 366 cm³/mol. The SMILES string of the molecule is CCCCCC/C=C\CCCCCCCC(=O)OCCCCCCCCCCCCCCC/C=C\C/C=C\CCCCCCCCCCCCCCCCCCCC(=O)NC(CO)C(O)/C=C/CCCCCCCCCCCCCCCC. The quantitative estimate of drug-likeness (QED) is 0.0320. The molecule has 0 fully saturated rings. The lowest BCUT2D eigenvalue weighted by atomic mass is 10.0. The molecule has 6 heteroatoms. The Morgan fingerprint density at radius 1 is 0.337 bits per heavy atom. The van der Waals surface area contributed by atoms with Gasteiger partial charge in [0.05, 0.1) is 25.4 Å². The molecule has 0 saturated heterocycles. The summed E-state index contributed by atoms with van der Waals surface area (Å²) in [5.41, 5.74) is 0. The average molecular weight is 1170 g/mol. The van der Waals surface area contributed by atoms with Crippen LogP contribution in [0.25, 0.3) is 0 Å². The molecule has 3 N–H and O–H groups in total. The first-order chi connectivity index (χ1) is 41.0. The van der Waals surface area contributed by atoms with Gasteiger partial charge in [0, 0.05) is 12.8 Å². The first-order valence-electron chi connectivity index (χ1n) is 37.4. The van der Waals surface area contributed by atoms with E-state index in [4.69, 9.17) is 4.74 Å². The van der Waals surface area contributed by atoms with E-state index >= 15 is 0 Å². The van der Waals surface area contributed by atoms with Crippen LogP contribution in [0.15, 0.2) is 48.6 Å². The van der Waals surface area contributed by atoms with E-state index in [-0.39, 0.29) is 18.5 Å². The number of hydrogen-bond acceptors (Lipinski definition) is 5. The average Bonchev–Trinajstić information content (AvgIpc) is 3.49. The number of ether oxygens (including phenoxy) is 1. The molecule has 0 aromatic rings. The second-order valence-electron chi connectivity index (χ2n) is 25.6. The molecule has 0 rings (SSSR count). The summed E-state index contributed by atoms with van der Waals surface area (Å²) in [6.07, 6.45) is 95.0. The molecule has 0 aliphatic carbocycles. The van der Waals surface area contributed by atoms with E-state index in [1.54, 1.807) is 6.08 Å². The van der Waals surface area contributed by atoms with Crippen molar-refractivity contribution >= 4 is 11.9 Å². The van der Waals surface area contributed by atoms with Crippen LogP contribution in [0.5, 0.6) is 0 Å². The van der Waals surface area contributed by atoms with Gasteiger partial charge in [-0.05, 0) is 89.9 Å². The molecule has 0 aliphatic rings. The van der Waals surface area contributed by atoms with Gasteiger partial charge in [-0.25, -0.2) is 0 Å². The maximum absolute atomic E-state index is 12.5. The molecule has 2 unspecified atom stereocenters. The molecule has 0 spiro atoms. The fourth-order valence-corrected chi connectivity index (χ4v) is 11.6. The monoisotopic (exact) mass is 1160 g/mol. The first-order valence-corrected chi connectivity index (χ1v) is 37.4. The Bertz CT molecular complexity index is 1390. The lowest BCUT2D eigenvalue weighted by Crippen LogP contribution is -2.45. The zero-order valence-corrected chi connectivity index (χ0v) is 55.9. The Morgan fingerprint density at radius 3 is 0.940 bits per heavy atom. The molecule has 0 heterocycles. The van der Waals surface area contributed by atoms with Gasteiger partial charge in [0.15, 0.2) is 0 Å². The summed E-state index contributed by atoms with van der Waals surface area (Å²) in [5.74, 6) is -0.0534. The maximum Gasteiger partial charge on any atom is 0.305 e. The van der Waals surface area contributed by atoms with Gasteiger partial charge in [-0.15, -0.1) is 0 Å². The number of esters is 1. The van der Waals surface area contributed by atoms with E-state index in [2.05, 4.69) is 55.6 Å². The molecule has 2 atom stereocenters. The number of nitrogens with one attached hydrogen (secondary N) is 1. The van der Waals surface area contributed by atoms with E-state index < -0.39 is 12.1 Å². The van der Waals surface area contributed by atoms with Crippen molar-refractivity contribution in [3.8, 4) is 0 Å². The largest absolute Gasteiger partial charge is 0.466 e. The Hall–Kier alpha value is -2.18. The van der Waals surface area contributed by atoms with Crippen LogP contribution in [0.1, 0.15) is 406 Å². The minimum atomic E-state index is -0.843. The van der Waals surface area contributed by atoms with Crippen LogP contribution in [-0.4, -0.2) is 47.4 Å². The highest BCUT2D eigenvalue weighted by Crippen LogP contribution is 2.19. The summed E-state index contributed by atoms with van der Waals surface area (Å²) in [5, 5.41) is 23.2. The predicted octanol–water partition coefficient (Wildman–Crippen LogP) is 24.4. The normalized spacial score (nSPS) is 12.8. The van der Waals surface area contributed by atoms with Gasteiger partial charge in [0.25, 0.3) is 0 Å². The number of carbonyl (C=O) groups is 2. The molecule has 0 aliphatic heterocycles. The zero-order valence-electron chi connectivity index (χ0n) is 55.9. The highest BCUT2D eigenvalue weighted by molar-refractivity contribution is 5.76. The van der Waals surface area contributed by atoms with E-state index in [1.807, 2.05) is 6.08 Å². The molecule has 1 amide bonds. The summed E-state index contributed by atoms with van der Waals surface area (Å²) in [7, 11) is 0. The van der Waals surface area contributed by atoms with E-state index in [9.17, 15) is 19.8 Å². The van der Waals surface area contributed by atoms with Crippen molar-refractivity contribution in [3.63, 3.8) is 0 Å². The number of aliphatic hydroxyl groups is 2. The van der Waals surface area contributed by atoms with Crippen molar-refractivity contribution in [3.05, 3.63) is 48.6 Å². The standard InChI is InChI=1S/C77H145NO5/c1-3-5-7-9-11-13-15-17-18-42-46-49-53-57-61-65-69-75(80)74(73-79)78-76(81)70-66-62-58-54-50-47-43-40-38-36-34-32-30-28-26-24-22-20-19-21-23-25-27-29-31-33-35-37-39-41-44-48-52-56-60-64-68-72-83-77(82)71-67-63-59-55-51-45-16-14-12-10-8-6-4-2/h14,16,19,21,25,27,65,69,74-75,79-80H,3-13,15,17-18,20,22-24,26,28-64,66-68,70-73H2,1-2H3,(H,78,81)/b16-14-,21-19-,27-25-,69-65+. The summed E-state index contributed by atoms with van der Waals surface area (Å²) in [6.45, 7) is 4.91. The van der Waals surface area contributed by atoms with Crippen molar-refractivity contribution in [1.82, 2.24) is 5.32 Å². The van der Waals surface area contributed by atoms with Crippen LogP contribution in [0.2, 0.25) is 0 Å². The van der Waals surface area contributed by atoms with Crippen molar-refractivity contribution < 1.29 is 24.5 Å². The Morgan fingerprint density at radius 2 is 0.602 bits per heavy atom. The third-order valence-electron chi connectivity index (χ3n) is 17.3. The molecular weight excluding hydrogens is 1020 g/mol.